The molecule has 0 heterocycles. The summed E-state index contributed by atoms with van der Waals surface area (Å²) in [6.07, 6.45) is -4.63. The molecule has 14 nitrogen and oxygen atoms in total. The molecule has 0 aliphatic carbocycles. The summed E-state index contributed by atoms with van der Waals surface area (Å²) in [5.41, 5.74) is 3.72. The lowest BCUT2D eigenvalue weighted by atomic mass is 9.95. The fourth-order valence-corrected chi connectivity index (χ4v) is 3.65. The first-order chi connectivity index (χ1) is 21.7. The van der Waals surface area contributed by atoms with Gasteiger partial charge in [-0.3, -0.25) is 25.2 Å². The van der Waals surface area contributed by atoms with Crippen molar-refractivity contribution in [1.82, 2.24) is 10.9 Å². The molecule has 0 saturated carbocycles. The molecule has 0 spiro atoms. The second-order valence-electron chi connectivity index (χ2n) is 10.7. The van der Waals surface area contributed by atoms with Crippen molar-refractivity contribution < 1.29 is 52.8 Å². The van der Waals surface area contributed by atoms with Crippen molar-refractivity contribution >= 4 is 41.3 Å². The van der Waals surface area contributed by atoms with Crippen molar-refractivity contribution in [2.75, 3.05) is 19.5 Å². The van der Waals surface area contributed by atoms with Crippen molar-refractivity contribution in [1.29, 1.82) is 0 Å². The minimum atomic E-state index is -2.35. The zero-order valence-corrected chi connectivity index (χ0v) is 25.6. The molecule has 3 amide bonds. The largest absolute Gasteiger partial charge is 0.497 e. The number of hydrogen-bond acceptors (Lipinski definition) is 10. The second kappa shape index (κ2) is 15.2. The predicted octanol–water partition coefficient (Wildman–Crippen LogP) is 2.99. The molecule has 3 aromatic rings. The monoisotopic (exact) mass is 635 g/mol. The minimum absolute atomic E-state index is 0.0539. The van der Waals surface area contributed by atoms with E-state index in [1.54, 1.807) is 20.8 Å². The SMILES string of the molecule is COc1cccc(C(=O)O[C@@H](C(=O)O)[C@@H](OC(=O)c2cccc(OC)c2)C(=O)NNC(=O)c2ccc(NC(=O)C(C)(C)C)cc2)c1. The lowest BCUT2D eigenvalue weighted by Crippen LogP contribution is -2.54. The first-order valence-corrected chi connectivity index (χ1v) is 13.7. The maximum absolute atomic E-state index is 13.3. The molecule has 0 saturated heterocycles. The highest BCUT2D eigenvalue weighted by Gasteiger charge is 2.41. The number of carboxylic acids is 1. The van der Waals surface area contributed by atoms with Crippen molar-refractivity contribution in [3.8, 4) is 11.5 Å². The van der Waals surface area contributed by atoms with Gasteiger partial charge >= 0.3 is 17.9 Å². The first-order valence-electron chi connectivity index (χ1n) is 13.7. The van der Waals surface area contributed by atoms with Crippen LogP contribution in [0.5, 0.6) is 11.5 Å². The second-order valence-corrected chi connectivity index (χ2v) is 10.7. The van der Waals surface area contributed by atoms with Crippen molar-refractivity contribution in [3.63, 3.8) is 0 Å². The molecule has 3 rings (SSSR count). The highest BCUT2D eigenvalue weighted by Crippen LogP contribution is 2.20. The Balaban J connectivity index is 1.82. The average Bonchev–Trinajstić information content (AvgIpc) is 3.04. The average molecular weight is 636 g/mol. The zero-order valence-electron chi connectivity index (χ0n) is 25.6. The first kappa shape index (κ1) is 34.6. The van der Waals surface area contributed by atoms with E-state index in [0.29, 0.717) is 5.69 Å². The fourth-order valence-electron chi connectivity index (χ4n) is 3.65. The van der Waals surface area contributed by atoms with E-state index in [9.17, 15) is 33.9 Å². The molecule has 46 heavy (non-hydrogen) atoms. The van der Waals surface area contributed by atoms with Crippen LogP contribution in [0.4, 0.5) is 5.69 Å². The van der Waals surface area contributed by atoms with Crippen LogP contribution in [0.3, 0.4) is 0 Å². The van der Waals surface area contributed by atoms with Gasteiger partial charge in [-0.25, -0.2) is 14.4 Å². The predicted molar refractivity (Wildman–Crippen MR) is 162 cm³/mol. The Morgan fingerprint density at radius 2 is 1.17 bits per heavy atom. The van der Waals surface area contributed by atoms with E-state index in [0.717, 1.165) is 0 Å². The lowest BCUT2D eigenvalue weighted by molar-refractivity contribution is -0.159. The van der Waals surface area contributed by atoms with E-state index >= 15 is 0 Å². The molecule has 0 unspecified atom stereocenters. The van der Waals surface area contributed by atoms with Gasteiger partial charge in [-0.1, -0.05) is 32.9 Å². The molecule has 242 valence electrons. The van der Waals surface area contributed by atoms with Gasteiger partial charge < -0.3 is 29.4 Å². The number of methoxy groups -OCH3 is 2. The Hall–Kier alpha value is -5.92. The van der Waals surface area contributed by atoms with Crippen molar-refractivity contribution in [2.45, 2.75) is 33.0 Å². The van der Waals surface area contributed by atoms with Gasteiger partial charge in [0, 0.05) is 16.7 Å². The van der Waals surface area contributed by atoms with Gasteiger partial charge in [-0.05, 0) is 60.7 Å². The van der Waals surface area contributed by atoms with Crippen LogP contribution >= 0.6 is 0 Å². The summed E-state index contributed by atoms with van der Waals surface area (Å²) in [5, 5.41) is 12.6. The van der Waals surface area contributed by atoms with Crippen LogP contribution in [0.25, 0.3) is 0 Å². The molecule has 0 radical (unpaired) electrons. The third-order valence-electron chi connectivity index (χ3n) is 6.24. The van der Waals surface area contributed by atoms with E-state index in [1.807, 2.05) is 5.43 Å². The summed E-state index contributed by atoms with van der Waals surface area (Å²) < 4.78 is 20.5. The number of esters is 2. The number of hydrazine groups is 1. The quantitative estimate of drug-likeness (QED) is 0.179. The fraction of sp³-hybridized carbons (Fsp3) is 0.250. The van der Waals surface area contributed by atoms with Crippen molar-refractivity contribution in [2.24, 2.45) is 5.41 Å². The number of benzene rings is 3. The third kappa shape index (κ3) is 9.29. The number of rotatable bonds is 11. The molecule has 14 heteroatoms. The van der Waals surface area contributed by atoms with Gasteiger partial charge in [-0.15, -0.1) is 0 Å². The molecule has 2 atom stereocenters. The summed E-state index contributed by atoms with van der Waals surface area (Å²) >= 11 is 0. The van der Waals surface area contributed by atoms with E-state index in [-0.39, 0.29) is 34.1 Å². The smallest absolute Gasteiger partial charge is 0.349 e. The number of aliphatic carboxylic acids is 1. The van der Waals surface area contributed by atoms with Gasteiger partial charge in [0.2, 0.25) is 18.1 Å². The van der Waals surface area contributed by atoms with Gasteiger partial charge in [0.1, 0.15) is 11.5 Å². The molecule has 3 aromatic carbocycles. The summed E-state index contributed by atoms with van der Waals surface area (Å²) in [5.74, 6) is -6.00. The number of amides is 3. The van der Waals surface area contributed by atoms with Crippen LogP contribution < -0.4 is 25.6 Å². The van der Waals surface area contributed by atoms with E-state index in [2.05, 4.69) is 10.7 Å². The Bertz CT molecular complexity index is 1610. The molecule has 0 fully saturated rings. The molecular weight excluding hydrogens is 602 g/mol. The number of carboxylic acid groups (broad SMARTS) is 1. The highest BCUT2D eigenvalue weighted by atomic mass is 16.6. The summed E-state index contributed by atoms with van der Waals surface area (Å²) in [6, 6.07) is 16.9. The Kier molecular flexibility index (Phi) is 11.4. The normalized spacial score (nSPS) is 12.0. The minimum Gasteiger partial charge on any atom is -0.497 e. The standard InChI is InChI=1S/C32H33N3O11/c1-32(2,3)31(42)33-21-14-12-18(13-15-21)26(36)34-35-27(37)24(45-29(40)19-8-6-10-22(16-19)43-4)25(28(38)39)46-30(41)20-9-7-11-23(17-20)44-5/h6-17,24-25H,1-5H3,(H,33,42)(H,34,36)(H,35,37)(H,38,39)/t24-,25-/m1/s1. The van der Waals surface area contributed by atoms with E-state index in [1.165, 1.54) is 87.0 Å². The number of nitrogens with one attached hydrogen (secondary N) is 3. The van der Waals surface area contributed by atoms with Crippen LogP contribution in [0.2, 0.25) is 0 Å². The Morgan fingerprint density at radius 3 is 1.63 bits per heavy atom. The van der Waals surface area contributed by atoms with Gasteiger partial charge in [0.15, 0.2) is 0 Å². The maximum atomic E-state index is 13.3. The number of carbonyl (C=O) groups is 6. The van der Waals surface area contributed by atoms with E-state index < -0.39 is 47.3 Å². The molecule has 0 bridgehead atoms. The summed E-state index contributed by atoms with van der Waals surface area (Å²) in [6.45, 7) is 5.22. The number of ether oxygens (including phenoxy) is 4. The van der Waals surface area contributed by atoms with Crippen LogP contribution in [-0.4, -0.2) is 67.2 Å². The van der Waals surface area contributed by atoms with Crippen LogP contribution in [-0.2, 0) is 23.9 Å². The molecular formula is C32H33N3O11. The van der Waals surface area contributed by atoms with Gasteiger partial charge in [0.25, 0.3) is 11.8 Å². The molecule has 0 aliphatic heterocycles. The van der Waals surface area contributed by atoms with Crippen molar-refractivity contribution in [3.05, 3.63) is 89.5 Å². The van der Waals surface area contributed by atoms with Crippen LogP contribution in [0.15, 0.2) is 72.8 Å². The maximum Gasteiger partial charge on any atom is 0.349 e. The number of hydrogen-bond donors (Lipinski definition) is 4. The molecule has 4 N–H and O–H groups in total. The summed E-state index contributed by atoms with van der Waals surface area (Å²) in [7, 11) is 2.72. The topological polar surface area (TPSA) is 196 Å². The molecule has 0 aromatic heterocycles. The van der Waals surface area contributed by atoms with Crippen LogP contribution in [0.1, 0.15) is 51.8 Å². The third-order valence-corrected chi connectivity index (χ3v) is 6.24. The Morgan fingerprint density at radius 1 is 0.674 bits per heavy atom. The van der Waals surface area contributed by atoms with Crippen LogP contribution in [0, 0.1) is 5.41 Å². The highest BCUT2D eigenvalue weighted by molar-refractivity contribution is 6.00. The summed E-state index contributed by atoms with van der Waals surface area (Å²) in [4.78, 5) is 76.4. The van der Waals surface area contributed by atoms with E-state index in [4.69, 9.17) is 18.9 Å². The van der Waals surface area contributed by atoms with Gasteiger partial charge in [0.05, 0.1) is 25.3 Å². The Labute approximate surface area is 263 Å². The number of carbonyl (C=O) groups excluding carboxylic acids is 5. The van der Waals surface area contributed by atoms with Gasteiger partial charge in [-0.2, -0.15) is 0 Å². The zero-order chi connectivity index (χ0) is 34.0. The number of anilines is 1. The lowest BCUT2D eigenvalue weighted by Gasteiger charge is -2.23. The molecule has 0 aliphatic rings.